The molecule has 1 heteroatoms. The van der Waals surface area contributed by atoms with Gasteiger partial charge in [0, 0.05) is 18.7 Å². The fourth-order valence-corrected chi connectivity index (χ4v) is 1.88. The van der Waals surface area contributed by atoms with Crippen LogP contribution in [0, 0.1) is 18.3 Å². The molecule has 0 fully saturated rings. The fourth-order valence-electron chi connectivity index (χ4n) is 1.88. The zero-order chi connectivity index (χ0) is 12.7. The van der Waals surface area contributed by atoms with Crippen LogP contribution < -0.4 is 5.32 Å². The summed E-state index contributed by atoms with van der Waals surface area (Å²) in [6.07, 6.45) is 7.64. The first-order valence-corrected chi connectivity index (χ1v) is 6.06. The fraction of sp³-hybridized carbons (Fsp3) is 0.600. The lowest BCUT2D eigenvalue weighted by Crippen LogP contribution is -2.13. The van der Waals surface area contributed by atoms with E-state index in [9.17, 15) is 0 Å². The van der Waals surface area contributed by atoms with Crippen LogP contribution in [0.3, 0.4) is 0 Å². The van der Waals surface area contributed by atoms with Gasteiger partial charge in [0.15, 0.2) is 0 Å². The number of terminal acetylenes is 1. The third-order valence-electron chi connectivity index (χ3n) is 3.32. The summed E-state index contributed by atoms with van der Waals surface area (Å²) in [5, 5.41) is 3.32. The Balaban J connectivity index is 5.44. The molecule has 0 heterocycles. The van der Waals surface area contributed by atoms with Gasteiger partial charge in [0.25, 0.3) is 0 Å². The second kappa shape index (κ2) is 7.17. The Morgan fingerprint density at radius 2 is 1.75 bits per heavy atom. The van der Waals surface area contributed by atoms with Gasteiger partial charge in [-0.3, -0.25) is 0 Å². The van der Waals surface area contributed by atoms with E-state index in [0.29, 0.717) is 0 Å². The molecule has 1 atom stereocenters. The van der Waals surface area contributed by atoms with Crippen LogP contribution in [-0.4, -0.2) is 7.05 Å². The van der Waals surface area contributed by atoms with E-state index in [2.05, 4.69) is 45.9 Å². The van der Waals surface area contributed by atoms with Gasteiger partial charge in [0.05, 0.1) is 0 Å². The summed E-state index contributed by atoms with van der Waals surface area (Å²) in [6, 6.07) is 0. The standard InChI is InChI=1S/C15H25N/c1-8-11(4)12(5)13(6)15(16-7)14(9-2)10-3/h1,11,16H,9-10H2,2-7H3/b13-12-. The summed E-state index contributed by atoms with van der Waals surface area (Å²) < 4.78 is 0. The third kappa shape index (κ3) is 3.45. The Hall–Kier alpha value is -1.16. The van der Waals surface area contributed by atoms with Gasteiger partial charge in [-0.05, 0) is 44.8 Å². The van der Waals surface area contributed by atoms with Gasteiger partial charge in [0.2, 0.25) is 0 Å². The predicted molar refractivity (Wildman–Crippen MR) is 73.0 cm³/mol. The van der Waals surface area contributed by atoms with E-state index in [0.717, 1.165) is 12.8 Å². The summed E-state index contributed by atoms with van der Waals surface area (Å²) in [5.41, 5.74) is 5.31. The van der Waals surface area contributed by atoms with Crippen molar-refractivity contribution in [2.24, 2.45) is 5.92 Å². The topological polar surface area (TPSA) is 12.0 Å². The maximum atomic E-state index is 5.47. The normalized spacial score (nSPS) is 13.6. The first-order chi connectivity index (χ1) is 7.53. The van der Waals surface area contributed by atoms with Crippen LogP contribution in [0.5, 0.6) is 0 Å². The molecule has 0 aliphatic carbocycles. The number of rotatable bonds is 5. The van der Waals surface area contributed by atoms with Crippen molar-refractivity contribution < 1.29 is 0 Å². The van der Waals surface area contributed by atoms with Crippen molar-refractivity contribution >= 4 is 0 Å². The number of nitrogens with one attached hydrogen (secondary N) is 1. The van der Waals surface area contributed by atoms with E-state index in [1.54, 1.807) is 0 Å². The van der Waals surface area contributed by atoms with Gasteiger partial charge in [-0.25, -0.2) is 0 Å². The molecule has 1 nitrogen and oxygen atoms in total. The summed E-state index contributed by atoms with van der Waals surface area (Å²) in [6.45, 7) is 10.7. The highest BCUT2D eigenvalue weighted by atomic mass is 14.8. The highest BCUT2D eigenvalue weighted by molar-refractivity contribution is 5.37. The Morgan fingerprint density at radius 3 is 2.06 bits per heavy atom. The zero-order valence-electron chi connectivity index (χ0n) is 11.6. The molecule has 0 amide bonds. The summed E-state index contributed by atoms with van der Waals surface area (Å²) >= 11 is 0. The van der Waals surface area contributed by atoms with Crippen LogP contribution >= 0.6 is 0 Å². The van der Waals surface area contributed by atoms with E-state index in [1.807, 2.05) is 7.05 Å². The van der Waals surface area contributed by atoms with Crippen LogP contribution in [0.2, 0.25) is 0 Å². The van der Waals surface area contributed by atoms with E-state index >= 15 is 0 Å². The first-order valence-electron chi connectivity index (χ1n) is 6.06. The quantitative estimate of drug-likeness (QED) is 0.546. The maximum absolute atomic E-state index is 5.47. The Labute approximate surface area is 101 Å². The van der Waals surface area contributed by atoms with Gasteiger partial charge in [-0.2, -0.15) is 0 Å². The summed E-state index contributed by atoms with van der Waals surface area (Å²) in [5.74, 6) is 3.00. The molecule has 1 unspecified atom stereocenters. The molecule has 0 radical (unpaired) electrons. The molecule has 0 spiro atoms. The Bertz CT molecular complexity index is 320. The van der Waals surface area contributed by atoms with Crippen molar-refractivity contribution in [2.45, 2.75) is 47.5 Å². The minimum absolute atomic E-state index is 0.207. The molecule has 0 saturated carbocycles. The lowest BCUT2D eigenvalue weighted by Gasteiger charge is -2.17. The van der Waals surface area contributed by atoms with E-state index in [1.165, 1.54) is 22.4 Å². The second-order valence-corrected chi connectivity index (χ2v) is 4.13. The van der Waals surface area contributed by atoms with Gasteiger partial charge >= 0.3 is 0 Å². The summed E-state index contributed by atoms with van der Waals surface area (Å²) in [7, 11) is 1.98. The number of hydrogen-bond acceptors (Lipinski definition) is 1. The molecule has 0 rings (SSSR count). The molecule has 1 N–H and O–H groups in total. The molecule has 0 aliphatic heterocycles. The largest absolute Gasteiger partial charge is 0.388 e. The van der Waals surface area contributed by atoms with E-state index < -0.39 is 0 Å². The van der Waals surface area contributed by atoms with E-state index in [4.69, 9.17) is 6.42 Å². The molecule has 90 valence electrons. The van der Waals surface area contributed by atoms with Gasteiger partial charge in [-0.1, -0.05) is 25.3 Å². The van der Waals surface area contributed by atoms with Crippen molar-refractivity contribution in [3.8, 4) is 12.3 Å². The Kier molecular flexibility index (Phi) is 6.65. The molecular formula is C15H25N. The number of hydrogen-bond donors (Lipinski definition) is 1. The molecule has 0 saturated heterocycles. The first kappa shape index (κ1) is 14.8. The molecular weight excluding hydrogens is 194 g/mol. The average molecular weight is 219 g/mol. The lowest BCUT2D eigenvalue weighted by molar-refractivity contribution is 0.835. The molecule has 0 aromatic carbocycles. The average Bonchev–Trinajstić information content (AvgIpc) is 2.32. The summed E-state index contributed by atoms with van der Waals surface area (Å²) in [4.78, 5) is 0. The van der Waals surface area contributed by atoms with Crippen LogP contribution in [0.25, 0.3) is 0 Å². The lowest BCUT2D eigenvalue weighted by atomic mass is 9.94. The highest BCUT2D eigenvalue weighted by Crippen LogP contribution is 2.23. The van der Waals surface area contributed by atoms with Crippen LogP contribution in [-0.2, 0) is 0 Å². The molecule has 0 bridgehead atoms. The minimum atomic E-state index is 0.207. The van der Waals surface area contributed by atoms with Crippen molar-refractivity contribution in [1.82, 2.24) is 5.32 Å². The second-order valence-electron chi connectivity index (χ2n) is 4.13. The Morgan fingerprint density at radius 1 is 1.25 bits per heavy atom. The van der Waals surface area contributed by atoms with Crippen molar-refractivity contribution in [2.75, 3.05) is 7.05 Å². The maximum Gasteiger partial charge on any atom is 0.0384 e. The van der Waals surface area contributed by atoms with Crippen LogP contribution in [0.1, 0.15) is 47.5 Å². The van der Waals surface area contributed by atoms with Crippen molar-refractivity contribution in [3.63, 3.8) is 0 Å². The number of likely N-dealkylation sites (N-methyl/N-ethyl adjacent to an activating group) is 1. The highest BCUT2D eigenvalue weighted by Gasteiger charge is 2.10. The van der Waals surface area contributed by atoms with Crippen molar-refractivity contribution in [3.05, 3.63) is 22.4 Å². The van der Waals surface area contributed by atoms with Crippen LogP contribution in [0.15, 0.2) is 22.4 Å². The minimum Gasteiger partial charge on any atom is -0.388 e. The molecule has 0 aliphatic rings. The van der Waals surface area contributed by atoms with Crippen molar-refractivity contribution in [1.29, 1.82) is 0 Å². The predicted octanol–water partition coefficient (Wildman–Crippen LogP) is 3.89. The van der Waals surface area contributed by atoms with Crippen LogP contribution in [0.4, 0.5) is 0 Å². The van der Waals surface area contributed by atoms with Gasteiger partial charge in [-0.15, -0.1) is 6.42 Å². The molecule has 0 aromatic heterocycles. The third-order valence-corrected chi connectivity index (χ3v) is 3.32. The number of allylic oxidation sites excluding steroid dienone is 3. The SMILES string of the molecule is C#CC(C)/C(C)=C(/C)C(NC)=C(CC)CC. The van der Waals surface area contributed by atoms with Gasteiger partial charge in [0.1, 0.15) is 0 Å². The molecule has 0 aromatic rings. The smallest absolute Gasteiger partial charge is 0.0384 e. The monoisotopic (exact) mass is 219 g/mol. The van der Waals surface area contributed by atoms with E-state index in [-0.39, 0.29) is 5.92 Å². The zero-order valence-corrected chi connectivity index (χ0v) is 11.6. The molecule has 16 heavy (non-hydrogen) atoms. The van der Waals surface area contributed by atoms with Gasteiger partial charge < -0.3 is 5.32 Å².